The summed E-state index contributed by atoms with van der Waals surface area (Å²) in [4.78, 5) is 32.4. The van der Waals surface area contributed by atoms with Crippen molar-refractivity contribution in [2.75, 3.05) is 6.54 Å². The molecule has 0 radical (unpaired) electrons. The number of aryl methyl sites for hydroxylation is 1. The molecule has 1 aliphatic rings. The topological polar surface area (TPSA) is 88.5 Å². The van der Waals surface area contributed by atoms with Gasteiger partial charge in [0.1, 0.15) is 11.9 Å². The van der Waals surface area contributed by atoms with Crippen molar-refractivity contribution in [3.63, 3.8) is 0 Å². The SMILES string of the molecule is O=C(CCn1c(=O)[nH]c2ccccc21)NC[C@H]1CC(Cc2cccc(F)c2)=NO1. The minimum absolute atomic E-state index is 0.163. The van der Waals surface area contributed by atoms with E-state index in [1.54, 1.807) is 10.6 Å². The Morgan fingerprint density at radius 1 is 1.28 bits per heavy atom. The van der Waals surface area contributed by atoms with Gasteiger partial charge < -0.3 is 15.1 Å². The normalized spacial score (nSPS) is 15.9. The van der Waals surface area contributed by atoms with E-state index >= 15 is 0 Å². The van der Waals surface area contributed by atoms with Crippen LogP contribution in [0.2, 0.25) is 0 Å². The van der Waals surface area contributed by atoms with Crippen LogP contribution in [-0.2, 0) is 22.6 Å². The van der Waals surface area contributed by atoms with Crippen molar-refractivity contribution < 1.29 is 14.0 Å². The lowest BCUT2D eigenvalue weighted by Crippen LogP contribution is -2.33. The second-order valence-electron chi connectivity index (χ2n) is 7.05. The molecular weight excluding hydrogens is 375 g/mol. The smallest absolute Gasteiger partial charge is 0.326 e. The first kappa shape index (κ1) is 18.9. The number of amides is 1. The summed E-state index contributed by atoms with van der Waals surface area (Å²) in [6.45, 7) is 0.624. The van der Waals surface area contributed by atoms with Crippen LogP contribution in [0.25, 0.3) is 11.0 Å². The number of hydrogen-bond acceptors (Lipinski definition) is 4. The Bertz CT molecular complexity index is 1120. The first-order valence-electron chi connectivity index (χ1n) is 9.49. The molecule has 7 nitrogen and oxygen atoms in total. The van der Waals surface area contributed by atoms with Gasteiger partial charge in [0.05, 0.1) is 23.3 Å². The number of rotatable bonds is 7. The summed E-state index contributed by atoms with van der Waals surface area (Å²) in [5.74, 6) is -0.440. The van der Waals surface area contributed by atoms with Gasteiger partial charge in [0, 0.05) is 25.8 Å². The van der Waals surface area contributed by atoms with Gasteiger partial charge in [0.2, 0.25) is 5.91 Å². The second-order valence-corrected chi connectivity index (χ2v) is 7.05. The van der Waals surface area contributed by atoms with Crippen molar-refractivity contribution in [3.05, 3.63) is 70.4 Å². The fourth-order valence-corrected chi connectivity index (χ4v) is 3.44. The number of hydrogen-bond donors (Lipinski definition) is 2. The van der Waals surface area contributed by atoms with E-state index in [4.69, 9.17) is 4.84 Å². The van der Waals surface area contributed by atoms with Crippen LogP contribution in [-0.4, -0.2) is 33.8 Å². The average molecular weight is 396 g/mol. The van der Waals surface area contributed by atoms with Crippen LogP contribution in [0, 0.1) is 5.82 Å². The lowest BCUT2D eigenvalue weighted by Gasteiger charge is -2.10. The van der Waals surface area contributed by atoms with E-state index in [1.807, 2.05) is 30.3 Å². The van der Waals surface area contributed by atoms with E-state index in [1.165, 1.54) is 12.1 Å². The zero-order chi connectivity index (χ0) is 20.2. The summed E-state index contributed by atoms with van der Waals surface area (Å²) >= 11 is 0. The quantitative estimate of drug-likeness (QED) is 0.643. The van der Waals surface area contributed by atoms with Crippen LogP contribution in [0.1, 0.15) is 18.4 Å². The van der Waals surface area contributed by atoms with Gasteiger partial charge in [-0.3, -0.25) is 9.36 Å². The molecule has 0 bridgehead atoms. The summed E-state index contributed by atoms with van der Waals surface area (Å²) in [5, 5.41) is 6.87. The van der Waals surface area contributed by atoms with Crippen molar-refractivity contribution >= 4 is 22.7 Å². The number of aromatic amines is 1. The minimum atomic E-state index is -0.278. The fraction of sp³-hybridized carbons (Fsp3) is 0.286. The Labute approximate surface area is 166 Å². The van der Waals surface area contributed by atoms with Crippen LogP contribution in [0.4, 0.5) is 4.39 Å². The highest BCUT2D eigenvalue weighted by atomic mass is 19.1. The number of para-hydroxylation sites is 2. The van der Waals surface area contributed by atoms with Crippen LogP contribution < -0.4 is 11.0 Å². The molecule has 0 unspecified atom stereocenters. The molecule has 4 rings (SSSR count). The molecular formula is C21H21FN4O3. The van der Waals surface area contributed by atoms with Gasteiger partial charge >= 0.3 is 5.69 Å². The Kier molecular flexibility index (Phi) is 5.41. The first-order valence-corrected chi connectivity index (χ1v) is 9.49. The van der Waals surface area contributed by atoms with Gasteiger partial charge in [-0.05, 0) is 29.8 Å². The number of H-pyrrole nitrogens is 1. The number of imidazole rings is 1. The number of nitrogens with zero attached hydrogens (tertiary/aromatic N) is 2. The molecule has 2 aromatic carbocycles. The van der Waals surface area contributed by atoms with Gasteiger partial charge in [-0.15, -0.1) is 0 Å². The van der Waals surface area contributed by atoms with Gasteiger partial charge in [-0.25, -0.2) is 9.18 Å². The number of oxime groups is 1. The second kappa shape index (κ2) is 8.30. The summed E-state index contributed by atoms with van der Waals surface area (Å²) in [6.07, 6.45) is 1.05. The van der Waals surface area contributed by atoms with Crippen molar-refractivity contribution in [2.45, 2.75) is 31.9 Å². The molecule has 0 aliphatic carbocycles. The summed E-state index contributed by atoms with van der Waals surface area (Å²) in [7, 11) is 0. The van der Waals surface area contributed by atoms with Crippen LogP contribution in [0.5, 0.6) is 0 Å². The third kappa shape index (κ3) is 4.53. The average Bonchev–Trinajstić information content (AvgIpc) is 3.28. The molecule has 1 amide bonds. The molecule has 1 atom stereocenters. The Hall–Kier alpha value is -3.42. The highest BCUT2D eigenvalue weighted by molar-refractivity contribution is 5.87. The molecule has 1 aromatic heterocycles. The zero-order valence-electron chi connectivity index (χ0n) is 15.7. The number of carbonyl (C=O) groups is 1. The van der Waals surface area contributed by atoms with Crippen LogP contribution >= 0.6 is 0 Å². The summed E-state index contributed by atoms with van der Waals surface area (Å²) in [6, 6.07) is 13.8. The largest absolute Gasteiger partial charge is 0.390 e. The molecule has 0 spiro atoms. The van der Waals surface area contributed by atoms with Gasteiger partial charge in [-0.1, -0.05) is 29.4 Å². The van der Waals surface area contributed by atoms with Gasteiger partial charge in [0.25, 0.3) is 0 Å². The lowest BCUT2D eigenvalue weighted by molar-refractivity contribution is -0.121. The van der Waals surface area contributed by atoms with Gasteiger partial charge in [0.15, 0.2) is 0 Å². The van der Waals surface area contributed by atoms with E-state index in [2.05, 4.69) is 15.5 Å². The van der Waals surface area contributed by atoms with Crippen LogP contribution in [0.15, 0.2) is 58.5 Å². The summed E-state index contributed by atoms with van der Waals surface area (Å²) < 4.78 is 14.8. The maximum Gasteiger partial charge on any atom is 0.326 e. The van der Waals surface area contributed by atoms with Gasteiger partial charge in [-0.2, -0.15) is 0 Å². The Balaban J connectivity index is 1.23. The molecule has 0 saturated carbocycles. The van der Waals surface area contributed by atoms with E-state index in [9.17, 15) is 14.0 Å². The predicted octanol–water partition coefficient (Wildman–Crippen LogP) is 2.36. The number of fused-ring (bicyclic) bond motifs is 1. The minimum Gasteiger partial charge on any atom is -0.390 e. The van der Waals surface area contributed by atoms with Crippen molar-refractivity contribution in [1.29, 1.82) is 0 Å². The third-order valence-electron chi connectivity index (χ3n) is 4.86. The number of aromatic nitrogens is 2. The van der Waals surface area contributed by atoms with E-state index in [0.717, 1.165) is 22.3 Å². The molecule has 2 heterocycles. The molecule has 8 heteroatoms. The lowest BCUT2D eigenvalue weighted by atomic mass is 10.0. The molecule has 150 valence electrons. The zero-order valence-corrected chi connectivity index (χ0v) is 15.7. The van der Waals surface area contributed by atoms with Crippen LogP contribution in [0.3, 0.4) is 0 Å². The molecule has 1 aliphatic heterocycles. The number of benzene rings is 2. The maximum atomic E-state index is 13.3. The molecule has 0 saturated heterocycles. The first-order chi connectivity index (χ1) is 14.1. The van der Waals surface area contributed by atoms with Crippen molar-refractivity contribution in [1.82, 2.24) is 14.9 Å². The van der Waals surface area contributed by atoms with E-state index in [-0.39, 0.29) is 29.9 Å². The number of halogens is 1. The van der Waals surface area contributed by atoms with E-state index < -0.39 is 0 Å². The standard InChI is InChI=1S/C21H21FN4O3/c22-15-5-3-4-14(10-15)11-16-12-17(29-25-16)13-23-20(27)8-9-26-19-7-2-1-6-18(19)24-21(26)28/h1-7,10,17H,8-9,11-13H2,(H,23,27)(H,24,28)/t17-/m1/s1. The maximum absolute atomic E-state index is 13.3. The highest BCUT2D eigenvalue weighted by Gasteiger charge is 2.22. The molecule has 29 heavy (non-hydrogen) atoms. The number of carbonyl (C=O) groups excluding carboxylic acids is 1. The fourth-order valence-electron chi connectivity index (χ4n) is 3.44. The Morgan fingerprint density at radius 3 is 3.00 bits per heavy atom. The highest BCUT2D eigenvalue weighted by Crippen LogP contribution is 2.15. The molecule has 0 fully saturated rings. The van der Waals surface area contributed by atoms with Crippen molar-refractivity contribution in [2.24, 2.45) is 5.16 Å². The summed E-state index contributed by atoms with van der Waals surface area (Å²) in [5.41, 5.74) is 2.95. The predicted molar refractivity (Wildman–Crippen MR) is 107 cm³/mol. The number of nitrogens with one attached hydrogen (secondary N) is 2. The third-order valence-corrected chi connectivity index (χ3v) is 4.86. The monoisotopic (exact) mass is 396 g/mol. The van der Waals surface area contributed by atoms with Crippen molar-refractivity contribution in [3.8, 4) is 0 Å². The molecule has 3 aromatic rings. The molecule has 2 N–H and O–H groups in total. The van der Waals surface area contributed by atoms with E-state index in [0.29, 0.717) is 25.9 Å². The Morgan fingerprint density at radius 2 is 2.14 bits per heavy atom.